The molecular formula is C19H20N2O4. The lowest BCUT2D eigenvalue weighted by molar-refractivity contribution is -0.385. The normalized spacial score (nSPS) is 18.6. The van der Waals surface area contributed by atoms with Gasteiger partial charge >= 0.3 is 0 Å². The second kappa shape index (κ2) is 6.46. The van der Waals surface area contributed by atoms with E-state index < -0.39 is 0 Å². The second-order valence-electron chi connectivity index (χ2n) is 6.63. The summed E-state index contributed by atoms with van der Waals surface area (Å²) in [5.74, 6) is 0.731. The minimum Gasteiger partial charge on any atom is -0.467 e. The van der Waals surface area contributed by atoms with Crippen molar-refractivity contribution < 1.29 is 14.4 Å². The fraction of sp³-hybridized carbons (Fsp3) is 0.368. The van der Waals surface area contributed by atoms with Crippen molar-refractivity contribution in [2.45, 2.75) is 32.0 Å². The lowest BCUT2D eigenvalue weighted by Gasteiger charge is -2.27. The fourth-order valence-electron chi connectivity index (χ4n) is 3.88. The number of nitro benzene ring substituents is 1. The van der Waals surface area contributed by atoms with E-state index in [-0.39, 0.29) is 17.4 Å². The number of non-ortho nitro benzene ring substituents is 1. The lowest BCUT2D eigenvalue weighted by Crippen LogP contribution is -2.24. The predicted octanol–water partition coefficient (Wildman–Crippen LogP) is 3.58. The third kappa shape index (κ3) is 2.99. The number of hydrogen-bond donors (Lipinski definition) is 0. The number of fused-ring (bicyclic) bond motifs is 2. The number of hydrogen-bond acceptors (Lipinski definition) is 5. The van der Waals surface area contributed by atoms with Crippen molar-refractivity contribution in [1.82, 2.24) is 4.90 Å². The summed E-state index contributed by atoms with van der Waals surface area (Å²) in [6.07, 6.45) is 2.14. The van der Waals surface area contributed by atoms with Gasteiger partial charge in [-0.2, -0.15) is 0 Å². The topological polar surface area (TPSA) is 64.8 Å². The van der Waals surface area contributed by atoms with Gasteiger partial charge in [0.25, 0.3) is 5.69 Å². The number of aryl methyl sites for hydroxylation is 1. The average Bonchev–Trinajstić information content (AvgIpc) is 3.05. The van der Waals surface area contributed by atoms with Crippen LogP contribution in [-0.2, 0) is 24.3 Å². The van der Waals surface area contributed by atoms with Crippen molar-refractivity contribution in [3.8, 4) is 5.75 Å². The van der Waals surface area contributed by atoms with E-state index in [1.807, 2.05) is 0 Å². The molecule has 1 unspecified atom stereocenters. The standard InChI is InChI=1S/C19H20N2O4/c1-20(18-7-6-13-4-2-3-5-17(13)18)10-14-8-16(21(22)23)9-15-11-24-12-25-19(14)15/h2-5,8-9,18H,6-7,10-12H2,1H3. The molecule has 0 saturated heterocycles. The van der Waals surface area contributed by atoms with Gasteiger partial charge in [-0.3, -0.25) is 15.0 Å². The Morgan fingerprint density at radius 3 is 2.96 bits per heavy atom. The molecule has 1 aliphatic heterocycles. The maximum Gasteiger partial charge on any atom is 0.270 e. The van der Waals surface area contributed by atoms with Crippen LogP contribution in [0.1, 0.15) is 34.7 Å². The molecule has 0 saturated carbocycles. The van der Waals surface area contributed by atoms with Crippen LogP contribution in [0.2, 0.25) is 0 Å². The first-order valence-corrected chi connectivity index (χ1v) is 8.42. The highest BCUT2D eigenvalue weighted by Gasteiger charge is 2.28. The molecule has 0 fully saturated rings. The highest BCUT2D eigenvalue weighted by molar-refractivity contribution is 5.50. The van der Waals surface area contributed by atoms with Crippen LogP contribution in [-0.4, -0.2) is 23.7 Å². The first kappa shape index (κ1) is 16.1. The van der Waals surface area contributed by atoms with E-state index in [2.05, 4.69) is 36.2 Å². The molecule has 6 nitrogen and oxygen atoms in total. The van der Waals surface area contributed by atoms with Crippen LogP contribution >= 0.6 is 0 Å². The Bertz CT molecular complexity index is 821. The van der Waals surface area contributed by atoms with Gasteiger partial charge in [-0.25, -0.2) is 0 Å². The van der Waals surface area contributed by atoms with E-state index >= 15 is 0 Å². The molecule has 0 aromatic heterocycles. The van der Waals surface area contributed by atoms with E-state index in [0.29, 0.717) is 19.2 Å². The molecule has 0 bridgehead atoms. The quantitative estimate of drug-likeness (QED) is 0.629. The first-order chi connectivity index (χ1) is 12.1. The van der Waals surface area contributed by atoms with Gasteiger partial charge in [0, 0.05) is 35.8 Å². The summed E-state index contributed by atoms with van der Waals surface area (Å²) < 4.78 is 10.9. The molecule has 0 radical (unpaired) electrons. The van der Waals surface area contributed by atoms with Crippen LogP contribution in [0.25, 0.3) is 0 Å². The Kier molecular flexibility index (Phi) is 4.15. The SMILES string of the molecule is CN(Cc1cc([N+](=O)[O-])cc2c1OCOC2)C1CCc2ccccc21. The summed E-state index contributed by atoms with van der Waals surface area (Å²) in [6, 6.07) is 12.0. The maximum atomic E-state index is 11.3. The molecule has 0 amide bonds. The molecule has 1 atom stereocenters. The molecule has 2 aromatic carbocycles. The number of ether oxygens (including phenoxy) is 2. The van der Waals surface area contributed by atoms with Gasteiger partial charge in [0.05, 0.1) is 11.5 Å². The van der Waals surface area contributed by atoms with Crippen molar-refractivity contribution in [3.05, 3.63) is 68.8 Å². The van der Waals surface area contributed by atoms with Crippen LogP contribution in [0.4, 0.5) is 5.69 Å². The molecule has 2 aromatic rings. The number of nitrogens with zero attached hydrogens (tertiary/aromatic N) is 2. The highest BCUT2D eigenvalue weighted by atomic mass is 16.7. The van der Waals surface area contributed by atoms with Gasteiger partial charge in [0.2, 0.25) is 0 Å². The molecule has 1 aliphatic carbocycles. The summed E-state index contributed by atoms with van der Waals surface area (Å²) in [7, 11) is 2.07. The van der Waals surface area contributed by atoms with Gasteiger partial charge < -0.3 is 9.47 Å². The summed E-state index contributed by atoms with van der Waals surface area (Å²) in [6.45, 7) is 1.14. The largest absolute Gasteiger partial charge is 0.467 e. The van der Waals surface area contributed by atoms with Crippen LogP contribution in [0.15, 0.2) is 36.4 Å². The van der Waals surface area contributed by atoms with Crippen molar-refractivity contribution in [2.24, 2.45) is 0 Å². The summed E-state index contributed by atoms with van der Waals surface area (Å²) in [5.41, 5.74) is 4.43. The van der Waals surface area contributed by atoms with Gasteiger partial charge in [-0.15, -0.1) is 0 Å². The van der Waals surface area contributed by atoms with E-state index in [1.54, 1.807) is 12.1 Å². The zero-order valence-corrected chi connectivity index (χ0v) is 14.1. The van der Waals surface area contributed by atoms with Crippen LogP contribution in [0, 0.1) is 10.1 Å². The predicted molar refractivity (Wildman–Crippen MR) is 92.4 cm³/mol. The van der Waals surface area contributed by atoms with Gasteiger partial charge in [-0.1, -0.05) is 24.3 Å². The van der Waals surface area contributed by atoms with Crippen molar-refractivity contribution in [1.29, 1.82) is 0 Å². The third-order valence-corrected chi connectivity index (χ3v) is 5.04. The Balaban J connectivity index is 1.64. The Hall–Kier alpha value is -2.44. The third-order valence-electron chi connectivity index (χ3n) is 5.04. The molecule has 4 rings (SSSR count). The van der Waals surface area contributed by atoms with Crippen molar-refractivity contribution in [3.63, 3.8) is 0 Å². The van der Waals surface area contributed by atoms with Crippen molar-refractivity contribution >= 4 is 5.69 Å². The van der Waals surface area contributed by atoms with Crippen LogP contribution in [0.3, 0.4) is 0 Å². The number of nitro groups is 1. The average molecular weight is 340 g/mol. The molecule has 0 spiro atoms. The van der Waals surface area contributed by atoms with Gasteiger partial charge in [0.1, 0.15) is 5.75 Å². The van der Waals surface area contributed by atoms with E-state index in [4.69, 9.17) is 9.47 Å². The Labute approximate surface area is 146 Å². The molecule has 2 aliphatic rings. The summed E-state index contributed by atoms with van der Waals surface area (Å²) >= 11 is 0. The smallest absolute Gasteiger partial charge is 0.270 e. The molecular weight excluding hydrogens is 320 g/mol. The van der Waals surface area contributed by atoms with Gasteiger partial charge in [-0.05, 0) is 31.0 Å². The number of benzene rings is 2. The zero-order chi connectivity index (χ0) is 17.4. The molecule has 1 heterocycles. The van der Waals surface area contributed by atoms with E-state index in [9.17, 15) is 10.1 Å². The summed E-state index contributed by atoms with van der Waals surface area (Å²) in [5, 5.41) is 11.3. The van der Waals surface area contributed by atoms with E-state index in [0.717, 1.165) is 29.7 Å². The zero-order valence-electron chi connectivity index (χ0n) is 14.1. The van der Waals surface area contributed by atoms with Crippen LogP contribution < -0.4 is 4.74 Å². The summed E-state index contributed by atoms with van der Waals surface area (Å²) in [4.78, 5) is 13.2. The minimum absolute atomic E-state index is 0.0862. The number of rotatable bonds is 4. The minimum atomic E-state index is -0.358. The second-order valence-corrected chi connectivity index (χ2v) is 6.63. The van der Waals surface area contributed by atoms with Gasteiger partial charge in [0.15, 0.2) is 6.79 Å². The molecule has 25 heavy (non-hydrogen) atoms. The Morgan fingerprint density at radius 1 is 1.28 bits per heavy atom. The molecule has 0 N–H and O–H groups in total. The maximum absolute atomic E-state index is 11.3. The molecule has 130 valence electrons. The lowest BCUT2D eigenvalue weighted by atomic mass is 10.0. The van der Waals surface area contributed by atoms with Crippen molar-refractivity contribution in [2.75, 3.05) is 13.8 Å². The molecule has 6 heteroatoms. The van der Waals surface area contributed by atoms with E-state index in [1.165, 1.54) is 11.1 Å². The fourth-order valence-corrected chi connectivity index (χ4v) is 3.88. The Morgan fingerprint density at radius 2 is 2.12 bits per heavy atom. The highest BCUT2D eigenvalue weighted by Crippen LogP contribution is 2.38. The van der Waals surface area contributed by atoms with Crippen LogP contribution in [0.5, 0.6) is 5.75 Å². The monoisotopic (exact) mass is 340 g/mol. The first-order valence-electron chi connectivity index (χ1n) is 8.42.